The smallest absolute Gasteiger partial charge is 0.403 e. The maximum Gasteiger partial charge on any atom is 0.573 e. The predicted molar refractivity (Wildman–Crippen MR) is 61.3 cm³/mol. The van der Waals surface area contributed by atoms with Crippen LogP contribution in [-0.2, 0) is 11.5 Å². The fourth-order valence-electron chi connectivity index (χ4n) is 1.01. The van der Waals surface area contributed by atoms with Gasteiger partial charge in [0.1, 0.15) is 3.70 Å². The molecule has 0 aromatic carbocycles. The molecule has 0 bridgehead atoms. The largest absolute Gasteiger partial charge is 0.573 e. The van der Waals surface area contributed by atoms with Gasteiger partial charge in [-0.15, -0.1) is 13.2 Å². The SMILES string of the molecule is FC(F)(F)Oc1cc(CBr)c(I)nc1C(F)(F)F. The second-order valence-electron chi connectivity index (χ2n) is 2.96. The third-order valence-electron chi connectivity index (χ3n) is 1.65. The second-order valence-corrected chi connectivity index (χ2v) is 4.55. The van der Waals surface area contributed by atoms with Crippen molar-refractivity contribution in [3.05, 3.63) is 21.0 Å². The molecule has 0 saturated heterocycles. The quantitative estimate of drug-likeness (QED) is 0.287. The minimum Gasteiger partial charge on any atom is -0.403 e. The zero-order valence-electron chi connectivity index (χ0n) is 8.16. The maximum absolute atomic E-state index is 12.5. The summed E-state index contributed by atoms with van der Waals surface area (Å²) in [6.07, 6.45) is -10.2. The number of halogens is 8. The van der Waals surface area contributed by atoms with Crippen LogP contribution in [0.2, 0.25) is 0 Å². The Morgan fingerprint density at radius 2 is 1.78 bits per heavy atom. The molecule has 0 saturated carbocycles. The minimum absolute atomic E-state index is 0.0497. The first-order valence-corrected chi connectivity index (χ1v) is 6.33. The molecule has 1 aromatic heterocycles. The van der Waals surface area contributed by atoms with Gasteiger partial charge in [0.15, 0.2) is 11.4 Å². The highest BCUT2D eigenvalue weighted by atomic mass is 127. The van der Waals surface area contributed by atoms with Crippen molar-refractivity contribution < 1.29 is 31.1 Å². The standard InChI is InChI=1S/C8H3BrF6INO/c9-2-3-1-4(18-8(13,14)15)5(7(10,11)12)17-6(3)16/h1H,2H2. The van der Waals surface area contributed by atoms with Crippen molar-refractivity contribution in [3.63, 3.8) is 0 Å². The van der Waals surface area contributed by atoms with Crippen LogP contribution in [0.1, 0.15) is 11.3 Å². The van der Waals surface area contributed by atoms with Crippen LogP contribution in [0.25, 0.3) is 0 Å². The van der Waals surface area contributed by atoms with Gasteiger partial charge in [-0.3, -0.25) is 0 Å². The first-order valence-electron chi connectivity index (χ1n) is 4.13. The summed E-state index contributed by atoms with van der Waals surface area (Å²) in [4.78, 5) is 3.11. The van der Waals surface area contributed by atoms with E-state index in [2.05, 4.69) is 25.7 Å². The fraction of sp³-hybridized carbons (Fsp3) is 0.375. The van der Waals surface area contributed by atoms with Crippen LogP contribution in [0.15, 0.2) is 6.07 Å². The first kappa shape index (κ1) is 15.8. The van der Waals surface area contributed by atoms with Gasteiger partial charge in [-0.05, 0) is 34.2 Å². The van der Waals surface area contributed by atoms with Crippen molar-refractivity contribution in [2.75, 3.05) is 0 Å². The number of alkyl halides is 7. The summed E-state index contributed by atoms with van der Waals surface area (Å²) in [6.45, 7) is 0. The molecule has 1 aromatic rings. The lowest BCUT2D eigenvalue weighted by molar-refractivity contribution is -0.276. The summed E-state index contributed by atoms with van der Waals surface area (Å²) < 4.78 is 76.9. The zero-order chi connectivity index (χ0) is 14.1. The van der Waals surface area contributed by atoms with Crippen LogP contribution in [-0.4, -0.2) is 11.3 Å². The van der Waals surface area contributed by atoms with E-state index in [1.807, 2.05) is 0 Å². The van der Waals surface area contributed by atoms with Gasteiger partial charge in [0, 0.05) is 5.33 Å². The van der Waals surface area contributed by atoms with Gasteiger partial charge in [-0.1, -0.05) is 15.9 Å². The van der Waals surface area contributed by atoms with Gasteiger partial charge in [0.2, 0.25) is 0 Å². The van der Waals surface area contributed by atoms with E-state index in [4.69, 9.17) is 0 Å². The fourth-order valence-corrected chi connectivity index (χ4v) is 2.55. The summed E-state index contributed by atoms with van der Waals surface area (Å²) in [7, 11) is 0. The molecular formula is C8H3BrF6INO. The van der Waals surface area contributed by atoms with Gasteiger partial charge in [-0.2, -0.15) is 13.2 Å². The molecule has 0 aliphatic heterocycles. The van der Waals surface area contributed by atoms with Crippen LogP contribution in [0.3, 0.4) is 0 Å². The van der Waals surface area contributed by atoms with E-state index < -0.39 is 24.0 Å². The van der Waals surface area contributed by atoms with E-state index in [0.717, 1.165) is 0 Å². The molecule has 0 atom stereocenters. The molecule has 0 spiro atoms. The molecule has 0 fully saturated rings. The highest BCUT2D eigenvalue weighted by Gasteiger charge is 2.41. The van der Waals surface area contributed by atoms with Crippen molar-refractivity contribution >= 4 is 38.5 Å². The summed E-state index contributed by atoms with van der Waals surface area (Å²) in [5, 5.41) is 0.0601. The number of pyridine rings is 1. The second kappa shape index (κ2) is 5.39. The van der Waals surface area contributed by atoms with Gasteiger partial charge in [-0.25, -0.2) is 4.98 Å². The Kier molecular flexibility index (Phi) is 4.73. The van der Waals surface area contributed by atoms with Crippen LogP contribution in [0.4, 0.5) is 26.3 Å². The van der Waals surface area contributed by atoms with Crippen LogP contribution in [0.5, 0.6) is 5.75 Å². The highest BCUT2D eigenvalue weighted by molar-refractivity contribution is 14.1. The lowest BCUT2D eigenvalue weighted by Crippen LogP contribution is -2.21. The maximum atomic E-state index is 12.5. The molecule has 1 heterocycles. The van der Waals surface area contributed by atoms with E-state index in [1.165, 1.54) is 22.6 Å². The summed E-state index contributed by atoms with van der Waals surface area (Å²) in [6, 6.07) is 0.667. The molecular weight excluding hydrogens is 447 g/mol. The molecule has 0 radical (unpaired) electrons. The Morgan fingerprint density at radius 1 is 1.22 bits per heavy atom. The third-order valence-corrected chi connectivity index (χ3v) is 3.19. The molecule has 0 amide bonds. The van der Waals surface area contributed by atoms with Crippen molar-refractivity contribution in [1.29, 1.82) is 0 Å². The number of rotatable bonds is 2. The lowest BCUT2D eigenvalue weighted by Gasteiger charge is -2.16. The number of hydrogen-bond acceptors (Lipinski definition) is 2. The predicted octanol–water partition coefficient (Wildman–Crippen LogP) is 4.50. The van der Waals surface area contributed by atoms with Crippen molar-refractivity contribution in [3.8, 4) is 5.75 Å². The Labute approximate surface area is 119 Å². The molecule has 10 heteroatoms. The highest BCUT2D eigenvalue weighted by Crippen LogP contribution is 2.38. The number of nitrogens with zero attached hydrogens (tertiary/aromatic N) is 1. The number of aromatic nitrogens is 1. The van der Waals surface area contributed by atoms with Gasteiger partial charge in [0.25, 0.3) is 0 Å². The Balaban J connectivity index is 3.35. The van der Waals surface area contributed by atoms with Gasteiger partial charge >= 0.3 is 12.5 Å². The van der Waals surface area contributed by atoms with Gasteiger partial charge < -0.3 is 4.74 Å². The molecule has 2 nitrogen and oxygen atoms in total. The molecule has 0 aliphatic carbocycles. The van der Waals surface area contributed by atoms with Crippen molar-refractivity contribution in [1.82, 2.24) is 4.98 Å². The molecule has 0 aliphatic rings. The third kappa shape index (κ3) is 4.14. The number of hydrogen-bond donors (Lipinski definition) is 0. The number of ether oxygens (including phenoxy) is 1. The van der Waals surface area contributed by atoms with Crippen molar-refractivity contribution in [2.45, 2.75) is 17.9 Å². The molecule has 1 rings (SSSR count). The molecule has 0 unspecified atom stereocenters. The Bertz CT molecular complexity index is 446. The van der Waals surface area contributed by atoms with Crippen LogP contribution < -0.4 is 4.74 Å². The molecule has 0 N–H and O–H groups in total. The monoisotopic (exact) mass is 449 g/mol. The minimum atomic E-state index is -5.21. The van der Waals surface area contributed by atoms with E-state index in [9.17, 15) is 26.3 Å². The van der Waals surface area contributed by atoms with E-state index in [1.54, 1.807) is 0 Å². The zero-order valence-corrected chi connectivity index (χ0v) is 11.9. The van der Waals surface area contributed by atoms with E-state index in [-0.39, 0.29) is 14.6 Å². The van der Waals surface area contributed by atoms with Crippen LogP contribution in [0, 0.1) is 3.70 Å². The lowest BCUT2D eigenvalue weighted by atomic mass is 10.2. The average Bonchev–Trinajstić information content (AvgIpc) is 2.16. The normalized spacial score (nSPS) is 12.7. The Morgan fingerprint density at radius 3 is 2.17 bits per heavy atom. The molecule has 18 heavy (non-hydrogen) atoms. The summed E-state index contributed by atoms with van der Waals surface area (Å²) in [5.74, 6) is -1.36. The Hall–Kier alpha value is -0.260. The van der Waals surface area contributed by atoms with E-state index >= 15 is 0 Å². The molecule has 102 valence electrons. The van der Waals surface area contributed by atoms with Crippen LogP contribution >= 0.6 is 38.5 Å². The average molecular weight is 450 g/mol. The van der Waals surface area contributed by atoms with Gasteiger partial charge in [0.05, 0.1) is 0 Å². The topological polar surface area (TPSA) is 22.1 Å². The van der Waals surface area contributed by atoms with Crippen molar-refractivity contribution in [2.24, 2.45) is 0 Å². The summed E-state index contributed by atoms with van der Waals surface area (Å²) >= 11 is 4.44. The summed E-state index contributed by atoms with van der Waals surface area (Å²) in [5.41, 5.74) is -1.53. The van der Waals surface area contributed by atoms with E-state index in [0.29, 0.717) is 6.07 Å². The first-order chi connectivity index (χ1) is 8.04.